The molecule has 0 saturated heterocycles. The Bertz CT molecular complexity index is 873. The molecule has 0 aliphatic rings. The Labute approximate surface area is 174 Å². The number of anilines is 2. The highest BCUT2D eigenvalue weighted by atomic mass is 35.5. The topological polar surface area (TPSA) is 94.6 Å². The number of benzene rings is 1. The zero-order valence-corrected chi connectivity index (χ0v) is 17.4. The van der Waals surface area contributed by atoms with Crippen molar-refractivity contribution in [3.63, 3.8) is 0 Å². The Balaban J connectivity index is 1.77. The van der Waals surface area contributed by atoms with Crippen LogP contribution in [0.5, 0.6) is 0 Å². The van der Waals surface area contributed by atoms with Gasteiger partial charge in [-0.2, -0.15) is 0 Å². The van der Waals surface area contributed by atoms with Crippen LogP contribution in [0.4, 0.5) is 11.5 Å². The van der Waals surface area contributed by atoms with E-state index >= 15 is 0 Å². The molecule has 0 aliphatic carbocycles. The SMILES string of the molecule is Cc1ccc(NC(=O)CN(C)CC(=O)N(C)CC(=O)Nc2ccccc2Cl)nc1. The number of aryl methyl sites for hydroxylation is 1. The summed E-state index contributed by atoms with van der Waals surface area (Å²) in [6, 6.07) is 10.4. The predicted molar refractivity (Wildman–Crippen MR) is 113 cm³/mol. The number of nitrogens with one attached hydrogen (secondary N) is 2. The monoisotopic (exact) mass is 417 g/mol. The first-order chi connectivity index (χ1) is 13.7. The Morgan fingerprint density at radius 1 is 0.966 bits per heavy atom. The van der Waals surface area contributed by atoms with Crippen molar-refractivity contribution in [2.24, 2.45) is 0 Å². The predicted octanol–water partition coefficient (Wildman–Crippen LogP) is 2.01. The number of hydrogen-bond acceptors (Lipinski definition) is 5. The number of pyridine rings is 1. The lowest BCUT2D eigenvalue weighted by atomic mass is 10.3. The van der Waals surface area contributed by atoms with E-state index in [1.54, 1.807) is 48.5 Å². The van der Waals surface area contributed by atoms with Gasteiger partial charge < -0.3 is 15.5 Å². The summed E-state index contributed by atoms with van der Waals surface area (Å²) in [5, 5.41) is 5.76. The van der Waals surface area contributed by atoms with Gasteiger partial charge in [0.1, 0.15) is 5.82 Å². The molecule has 3 amide bonds. The second-order valence-electron chi connectivity index (χ2n) is 6.72. The van der Waals surface area contributed by atoms with Gasteiger partial charge in [-0.1, -0.05) is 29.8 Å². The molecule has 2 rings (SSSR count). The Morgan fingerprint density at radius 2 is 1.66 bits per heavy atom. The normalized spacial score (nSPS) is 10.5. The van der Waals surface area contributed by atoms with Gasteiger partial charge in [-0.15, -0.1) is 0 Å². The molecular formula is C20H24ClN5O3. The number of para-hydroxylation sites is 1. The molecule has 2 aromatic rings. The van der Waals surface area contributed by atoms with Gasteiger partial charge in [0.2, 0.25) is 17.7 Å². The quantitative estimate of drug-likeness (QED) is 0.685. The number of hydrogen-bond donors (Lipinski definition) is 2. The third-order valence-electron chi connectivity index (χ3n) is 3.95. The highest BCUT2D eigenvalue weighted by molar-refractivity contribution is 6.33. The average Bonchev–Trinajstić information content (AvgIpc) is 2.65. The molecule has 0 atom stereocenters. The van der Waals surface area contributed by atoms with E-state index in [-0.39, 0.29) is 37.4 Å². The molecule has 2 N–H and O–H groups in total. The minimum Gasteiger partial charge on any atom is -0.335 e. The molecule has 0 radical (unpaired) electrons. The maximum absolute atomic E-state index is 12.3. The molecule has 0 bridgehead atoms. The summed E-state index contributed by atoms with van der Waals surface area (Å²) in [6.45, 7) is 1.78. The van der Waals surface area contributed by atoms with Crippen LogP contribution in [0.25, 0.3) is 0 Å². The molecule has 0 fully saturated rings. The van der Waals surface area contributed by atoms with E-state index in [0.29, 0.717) is 16.5 Å². The van der Waals surface area contributed by atoms with Crippen LogP contribution in [0, 0.1) is 6.92 Å². The summed E-state index contributed by atoms with van der Waals surface area (Å²) >= 11 is 6.01. The fourth-order valence-electron chi connectivity index (χ4n) is 2.43. The van der Waals surface area contributed by atoms with Gasteiger partial charge in [-0.3, -0.25) is 19.3 Å². The van der Waals surface area contributed by atoms with Crippen LogP contribution in [0.3, 0.4) is 0 Å². The Kier molecular flexibility index (Phi) is 8.11. The first-order valence-electron chi connectivity index (χ1n) is 8.94. The third kappa shape index (κ3) is 7.52. The van der Waals surface area contributed by atoms with Crippen molar-refractivity contribution in [3.05, 3.63) is 53.2 Å². The standard InChI is InChI=1S/C20H24ClN5O3/c1-14-8-9-17(22-10-14)24-18(27)11-25(2)13-20(29)26(3)12-19(28)23-16-7-5-4-6-15(16)21/h4-10H,11-13H2,1-3H3,(H,23,28)(H,22,24,27). The fraction of sp³-hybridized carbons (Fsp3) is 0.300. The molecule has 8 nitrogen and oxygen atoms in total. The molecule has 0 spiro atoms. The van der Waals surface area contributed by atoms with Crippen LogP contribution in [0.1, 0.15) is 5.56 Å². The van der Waals surface area contributed by atoms with E-state index in [2.05, 4.69) is 15.6 Å². The van der Waals surface area contributed by atoms with Crippen molar-refractivity contribution in [2.75, 3.05) is 44.4 Å². The molecule has 1 aromatic heterocycles. The maximum atomic E-state index is 12.3. The van der Waals surface area contributed by atoms with Crippen LogP contribution in [0.2, 0.25) is 5.02 Å². The summed E-state index contributed by atoms with van der Waals surface area (Å²) in [6.07, 6.45) is 1.66. The maximum Gasteiger partial charge on any atom is 0.244 e. The van der Waals surface area contributed by atoms with E-state index in [9.17, 15) is 14.4 Å². The highest BCUT2D eigenvalue weighted by Crippen LogP contribution is 2.20. The minimum absolute atomic E-state index is 0.00931. The number of rotatable bonds is 8. The molecular weight excluding hydrogens is 394 g/mol. The van der Waals surface area contributed by atoms with Crippen molar-refractivity contribution in [3.8, 4) is 0 Å². The lowest BCUT2D eigenvalue weighted by Crippen LogP contribution is -2.42. The van der Waals surface area contributed by atoms with Crippen LogP contribution >= 0.6 is 11.6 Å². The zero-order chi connectivity index (χ0) is 21.4. The van der Waals surface area contributed by atoms with Crippen molar-refractivity contribution >= 4 is 40.8 Å². The number of halogens is 1. The summed E-state index contributed by atoms with van der Waals surface area (Å²) in [4.78, 5) is 43.5. The molecule has 0 aliphatic heterocycles. The van der Waals surface area contributed by atoms with Gasteiger partial charge in [-0.25, -0.2) is 4.98 Å². The molecule has 1 aromatic carbocycles. The van der Waals surface area contributed by atoms with Crippen LogP contribution < -0.4 is 10.6 Å². The van der Waals surface area contributed by atoms with E-state index in [0.717, 1.165) is 5.56 Å². The second-order valence-corrected chi connectivity index (χ2v) is 7.13. The largest absolute Gasteiger partial charge is 0.335 e. The lowest BCUT2D eigenvalue weighted by molar-refractivity contribution is -0.134. The van der Waals surface area contributed by atoms with E-state index in [1.807, 2.05) is 13.0 Å². The van der Waals surface area contributed by atoms with Crippen LogP contribution in [-0.2, 0) is 14.4 Å². The lowest BCUT2D eigenvalue weighted by Gasteiger charge is -2.21. The van der Waals surface area contributed by atoms with Crippen molar-refractivity contribution in [1.82, 2.24) is 14.8 Å². The van der Waals surface area contributed by atoms with E-state index in [4.69, 9.17) is 11.6 Å². The summed E-state index contributed by atoms with van der Waals surface area (Å²) < 4.78 is 0. The van der Waals surface area contributed by atoms with Gasteiger partial charge in [-0.05, 0) is 37.7 Å². The van der Waals surface area contributed by atoms with Crippen LogP contribution in [-0.4, -0.2) is 66.2 Å². The third-order valence-corrected chi connectivity index (χ3v) is 4.28. The van der Waals surface area contributed by atoms with Gasteiger partial charge in [0.05, 0.1) is 30.3 Å². The molecule has 0 saturated carbocycles. The summed E-state index contributed by atoms with van der Waals surface area (Å²) in [5.74, 6) is -0.479. The molecule has 29 heavy (non-hydrogen) atoms. The first-order valence-corrected chi connectivity index (χ1v) is 9.32. The number of carbonyl (C=O) groups excluding carboxylic acids is 3. The van der Waals surface area contributed by atoms with Crippen LogP contribution in [0.15, 0.2) is 42.6 Å². The van der Waals surface area contributed by atoms with E-state index in [1.165, 1.54) is 11.9 Å². The van der Waals surface area contributed by atoms with Crippen molar-refractivity contribution in [1.29, 1.82) is 0 Å². The van der Waals surface area contributed by atoms with Gasteiger partial charge in [0.25, 0.3) is 0 Å². The van der Waals surface area contributed by atoms with Gasteiger partial charge >= 0.3 is 0 Å². The number of likely N-dealkylation sites (N-methyl/N-ethyl adjacent to an activating group) is 2. The Hall–Kier alpha value is -2.97. The second kappa shape index (κ2) is 10.5. The van der Waals surface area contributed by atoms with Crippen molar-refractivity contribution in [2.45, 2.75) is 6.92 Å². The number of aromatic nitrogens is 1. The highest BCUT2D eigenvalue weighted by Gasteiger charge is 2.17. The average molecular weight is 418 g/mol. The molecule has 0 unspecified atom stereocenters. The first kappa shape index (κ1) is 22.3. The fourth-order valence-corrected chi connectivity index (χ4v) is 2.62. The Morgan fingerprint density at radius 3 is 2.31 bits per heavy atom. The smallest absolute Gasteiger partial charge is 0.244 e. The number of amides is 3. The zero-order valence-electron chi connectivity index (χ0n) is 16.6. The molecule has 1 heterocycles. The van der Waals surface area contributed by atoms with Crippen molar-refractivity contribution < 1.29 is 14.4 Å². The molecule has 9 heteroatoms. The summed E-state index contributed by atoms with van der Waals surface area (Å²) in [7, 11) is 3.18. The number of carbonyl (C=O) groups is 3. The number of nitrogens with zero attached hydrogens (tertiary/aromatic N) is 3. The van der Waals surface area contributed by atoms with Gasteiger partial charge in [0, 0.05) is 13.2 Å². The van der Waals surface area contributed by atoms with Gasteiger partial charge in [0.15, 0.2) is 0 Å². The minimum atomic E-state index is -0.361. The molecule has 154 valence electrons. The van der Waals surface area contributed by atoms with E-state index < -0.39 is 0 Å². The summed E-state index contributed by atoms with van der Waals surface area (Å²) in [5.41, 5.74) is 1.48.